The highest BCUT2D eigenvalue weighted by molar-refractivity contribution is 6.15. The molecule has 2 aliphatic rings. The number of amides is 1. The Morgan fingerprint density at radius 2 is 1.71 bits per heavy atom. The molecule has 1 aliphatic heterocycles. The number of hydrogen-bond acceptors (Lipinski definition) is 4. The summed E-state index contributed by atoms with van der Waals surface area (Å²) in [7, 11) is 3.32. The van der Waals surface area contributed by atoms with Crippen LogP contribution in [0.4, 0.5) is 0 Å². The summed E-state index contributed by atoms with van der Waals surface area (Å²) in [4.78, 5) is 23.8. The van der Waals surface area contributed by atoms with Gasteiger partial charge in [0.1, 0.15) is 0 Å². The maximum atomic E-state index is 12.7. The summed E-state index contributed by atoms with van der Waals surface area (Å²) in [5, 5.41) is 0. The largest absolute Gasteiger partial charge is 0.493 e. The van der Waals surface area contributed by atoms with Crippen LogP contribution in [0.3, 0.4) is 0 Å². The second-order valence-corrected chi connectivity index (χ2v) is 8.76. The van der Waals surface area contributed by atoms with Gasteiger partial charge in [-0.2, -0.15) is 4.99 Å². The van der Waals surface area contributed by atoms with Crippen molar-refractivity contribution in [2.75, 3.05) is 27.3 Å². The molecule has 1 amide bonds. The van der Waals surface area contributed by atoms with E-state index in [-0.39, 0.29) is 17.9 Å². The Morgan fingerprint density at radius 1 is 1.06 bits per heavy atom. The van der Waals surface area contributed by atoms with Crippen molar-refractivity contribution in [2.24, 2.45) is 15.7 Å². The zero-order valence-electron chi connectivity index (χ0n) is 20.5. The van der Waals surface area contributed by atoms with Crippen molar-refractivity contribution in [3.05, 3.63) is 58.7 Å². The first-order chi connectivity index (χ1) is 16.5. The van der Waals surface area contributed by atoms with Crippen molar-refractivity contribution in [2.45, 2.75) is 51.5 Å². The predicted octanol–water partition coefficient (Wildman–Crippen LogP) is 4.38. The lowest BCUT2D eigenvalue weighted by molar-refractivity contribution is 0.100. The van der Waals surface area contributed by atoms with Crippen LogP contribution in [0.15, 0.2) is 46.4 Å². The number of aliphatic imine (C=N–C) groups is 2. The molecule has 1 saturated carbocycles. The Kier molecular flexibility index (Phi) is 7.20. The Hall–Kier alpha value is -3.35. The number of guanidine groups is 1. The van der Waals surface area contributed by atoms with Gasteiger partial charge in [-0.05, 0) is 56.5 Å². The molecule has 1 fully saturated rings. The Morgan fingerprint density at radius 3 is 2.35 bits per heavy atom. The minimum absolute atomic E-state index is 0.244. The maximum absolute atomic E-state index is 12.7. The summed E-state index contributed by atoms with van der Waals surface area (Å²) in [6.07, 6.45) is 4.62. The van der Waals surface area contributed by atoms with E-state index in [0.29, 0.717) is 30.3 Å². The number of methoxy groups -OCH3 is 2. The minimum Gasteiger partial charge on any atom is -0.493 e. The third kappa shape index (κ3) is 4.52. The molecule has 2 N–H and O–H groups in total. The smallest absolute Gasteiger partial charge is 0.280 e. The van der Waals surface area contributed by atoms with Gasteiger partial charge in [0.05, 0.1) is 26.0 Å². The highest BCUT2D eigenvalue weighted by Crippen LogP contribution is 2.44. The fourth-order valence-electron chi connectivity index (χ4n) is 5.06. The number of ether oxygens (including phenoxy) is 2. The molecule has 0 radical (unpaired) electrons. The van der Waals surface area contributed by atoms with Crippen LogP contribution in [-0.4, -0.2) is 55.8 Å². The quantitative estimate of drug-likeness (QED) is 0.508. The number of carbonyl (C=O) groups excluding carboxylic acids is 1. The summed E-state index contributed by atoms with van der Waals surface area (Å²) in [6.45, 7) is 5.37. The highest BCUT2D eigenvalue weighted by atomic mass is 16.5. The summed E-state index contributed by atoms with van der Waals surface area (Å²) in [6, 6.07) is 11.9. The molecule has 1 heterocycles. The van der Waals surface area contributed by atoms with E-state index in [9.17, 15) is 4.79 Å². The summed E-state index contributed by atoms with van der Waals surface area (Å²) >= 11 is 0. The van der Waals surface area contributed by atoms with Crippen LogP contribution in [0, 0.1) is 0 Å². The zero-order valence-corrected chi connectivity index (χ0v) is 20.5. The van der Waals surface area contributed by atoms with Gasteiger partial charge in [0, 0.05) is 35.7 Å². The first-order valence-corrected chi connectivity index (χ1v) is 12.1. The van der Waals surface area contributed by atoms with E-state index in [0.717, 1.165) is 35.4 Å². The van der Waals surface area contributed by atoms with E-state index >= 15 is 0 Å². The van der Waals surface area contributed by atoms with Gasteiger partial charge in [0.2, 0.25) is 0 Å². The van der Waals surface area contributed by atoms with Gasteiger partial charge in [-0.3, -0.25) is 9.79 Å². The molecule has 0 unspecified atom stereocenters. The van der Waals surface area contributed by atoms with Crippen molar-refractivity contribution in [1.82, 2.24) is 4.90 Å². The Labute approximate surface area is 201 Å². The lowest BCUT2D eigenvalue weighted by Gasteiger charge is -2.35. The van der Waals surface area contributed by atoms with Crippen LogP contribution < -0.4 is 15.2 Å². The summed E-state index contributed by atoms with van der Waals surface area (Å²) in [5.41, 5.74) is 10.7. The van der Waals surface area contributed by atoms with Crippen molar-refractivity contribution in [3.63, 3.8) is 0 Å². The summed E-state index contributed by atoms with van der Waals surface area (Å²) < 4.78 is 11.2. The molecule has 4 rings (SSSR count). The number of benzene rings is 2. The molecule has 0 spiro atoms. The maximum Gasteiger partial charge on any atom is 0.280 e. The normalized spacial score (nSPS) is 19.5. The standard InChI is InChI=1S/C27H34N4O3/c1-5-31(6-2)27(28)30-26(32)18-13-11-17(12-14-18)25-21-16-24(34-4)23(33-3)15-20(21)19-9-7-8-10-22(19)29-25/h11-16,19,22H,5-10H2,1-4H3,(H2,28,30,32)/t19-,22-/m1/s1. The average molecular weight is 463 g/mol. The fourth-order valence-corrected chi connectivity index (χ4v) is 5.06. The monoisotopic (exact) mass is 462 g/mol. The van der Waals surface area contributed by atoms with E-state index in [1.807, 2.05) is 36.9 Å². The Balaban J connectivity index is 1.70. The molecule has 180 valence electrons. The number of nitrogens with zero attached hydrogens (tertiary/aromatic N) is 3. The van der Waals surface area contributed by atoms with Crippen molar-refractivity contribution in [3.8, 4) is 11.5 Å². The van der Waals surface area contributed by atoms with Gasteiger partial charge in [-0.1, -0.05) is 25.0 Å². The molecular weight excluding hydrogens is 428 g/mol. The van der Waals surface area contributed by atoms with Crippen LogP contribution >= 0.6 is 0 Å². The molecule has 7 heteroatoms. The fraction of sp³-hybridized carbons (Fsp3) is 0.444. The van der Waals surface area contributed by atoms with E-state index in [1.54, 1.807) is 26.4 Å². The second kappa shape index (κ2) is 10.3. The molecule has 2 aromatic rings. The van der Waals surface area contributed by atoms with Gasteiger partial charge in [-0.15, -0.1) is 0 Å². The summed E-state index contributed by atoms with van der Waals surface area (Å²) in [5.74, 6) is 1.73. The van der Waals surface area contributed by atoms with Crippen LogP contribution in [-0.2, 0) is 0 Å². The molecule has 0 bridgehead atoms. The van der Waals surface area contributed by atoms with Crippen LogP contribution in [0.2, 0.25) is 0 Å². The Bertz CT molecular complexity index is 1100. The zero-order chi connectivity index (χ0) is 24.2. The first kappa shape index (κ1) is 23.8. The minimum atomic E-state index is -0.347. The van der Waals surface area contributed by atoms with E-state index in [4.69, 9.17) is 20.2 Å². The lowest BCUT2D eigenvalue weighted by Crippen LogP contribution is -2.37. The van der Waals surface area contributed by atoms with Gasteiger partial charge in [0.15, 0.2) is 17.5 Å². The van der Waals surface area contributed by atoms with Crippen molar-refractivity contribution >= 4 is 17.6 Å². The van der Waals surface area contributed by atoms with Crippen LogP contribution in [0.5, 0.6) is 11.5 Å². The molecule has 0 saturated heterocycles. The van der Waals surface area contributed by atoms with Gasteiger partial charge in [-0.25, -0.2) is 0 Å². The van der Waals surface area contributed by atoms with E-state index in [1.165, 1.54) is 18.4 Å². The number of fused-ring (bicyclic) bond motifs is 3. The second-order valence-electron chi connectivity index (χ2n) is 8.76. The van der Waals surface area contributed by atoms with E-state index < -0.39 is 0 Å². The third-order valence-corrected chi connectivity index (χ3v) is 6.94. The predicted molar refractivity (Wildman–Crippen MR) is 135 cm³/mol. The SMILES string of the molecule is CCN(CC)C(N)=NC(=O)c1ccc(C2=N[C@@H]3CCCC[C@@H]3c3cc(OC)c(OC)cc32)cc1. The molecule has 1 aliphatic carbocycles. The highest BCUT2D eigenvalue weighted by Gasteiger charge is 2.34. The lowest BCUT2D eigenvalue weighted by atomic mass is 9.75. The first-order valence-electron chi connectivity index (χ1n) is 12.1. The number of hydrogen-bond donors (Lipinski definition) is 1. The molecule has 2 atom stereocenters. The van der Waals surface area contributed by atoms with Crippen molar-refractivity contribution < 1.29 is 14.3 Å². The third-order valence-electron chi connectivity index (χ3n) is 6.94. The van der Waals surface area contributed by atoms with Gasteiger partial charge < -0.3 is 20.1 Å². The molecule has 2 aromatic carbocycles. The molecular formula is C27H34N4O3. The van der Waals surface area contributed by atoms with E-state index in [2.05, 4.69) is 11.1 Å². The molecule has 0 aromatic heterocycles. The number of nitrogens with two attached hydrogens (primary N) is 1. The van der Waals surface area contributed by atoms with Crippen LogP contribution in [0.1, 0.15) is 72.5 Å². The van der Waals surface area contributed by atoms with Gasteiger partial charge in [0.25, 0.3) is 5.91 Å². The number of carbonyl (C=O) groups is 1. The van der Waals surface area contributed by atoms with Gasteiger partial charge >= 0.3 is 0 Å². The topological polar surface area (TPSA) is 89.5 Å². The van der Waals surface area contributed by atoms with Crippen molar-refractivity contribution in [1.29, 1.82) is 0 Å². The molecule has 34 heavy (non-hydrogen) atoms. The van der Waals surface area contributed by atoms with Crippen LogP contribution in [0.25, 0.3) is 0 Å². The average Bonchev–Trinajstić information content (AvgIpc) is 2.88. The molecule has 7 nitrogen and oxygen atoms in total. The number of rotatable bonds is 6.